The van der Waals surface area contributed by atoms with Gasteiger partial charge in [-0.25, -0.2) is 13.1 Å². The molecular weight excluding hydrogens is 545 g/mol. The fourth-order valence-electron chi connectivity index (χ4n) is 4.35. The first-order valence-electron chi connectivity index (χ1n) is 12.3. The smallest absolute Gasteiger partial charge is 0.380 e. The van der Waals surface area contributed by atoms with Crippen molar-refractivity contribution < 1.29 is 36.2 Å². The summed E-state index contributed by atoms with van der Waals surface area (Å²) in [4.78, 5) is 20.6. The van der Waals surface area contributed by atoms with Crippen molar-refractivity contribution in [3.05, 3.63) is 29.7 Å². The second-order valence-corrected chi connectivity index (χ2v) is 12.9. The number of alkyl halides is 3. The van der Waals surface area contributed by atoms with Crippen LogP contribution in [0, 0.1) is 5.92 Å². The molecule has 14 heteroatoms. The van der Waals surface area contributed by atoms with Gasteiger partial charge in [0.05, 0.1) is 19.3 Å². The van der Waals surface area contributed by atoms with E-state index in [1.54, 1.807) is 25.5 Å². The molecule has 2 aliphatic rings. The SMILES string of the molecule is CN(C)C(=O)CC1COCCN1CC(CNS(=O)(=O)c1cccs1)N=C1C=CC(C(C)(O)C(F)(F)F)CC1. The number of ether oxygens (including phenoxy) is 1. The van der Waals surface area contributed by atoms with E-state index in [-0.39, 0.29) is 42.0 Å². The highest BCUT2D eigenvalue weighted by Gasteiger charge is 2.54. The van der Waals surface area contributed by atoms with E-state index in [4.69, 9.17) is 9.73 Å². The van der Waals surface area contributed by atoms with Gasteiger partial charge in [-0.2, -0.15) is 13.2 Å². The number of aliphatic imine (C=N–C) groups is 1. The third-order valence-electron chi connectivity index (χ3n) is 6.85. The van der Waals surface area contributed by atoms with Crippen LogP contribution in [0.3, 0.4) is 0 Å². The van der Waals surface area contributed by atoms with Crippen LogP contribution in [-0.2, 0) is 19.6 Å². The third-order valence-corrected chi connectivity index (χ3v) is 9.67. The fraction of sp³-hybridized carbons (Fsp3) is 0.667. The summed E-state index contributed by atoms with van der Waals surface area (Å²) in [6, 6.07) is 2.34. The number of nitrogens with zero attached hydrogens (tertiary/aromatic N) is 3. The van der Waals surface area contributed by atoms with Gasteiger partial charge in [-0.15, -0.1) is 11.3 Å². The molecule has 0 saturated carbocycles. The van der Waals surface area contributed by atoms with Gasteiger partial charge in [0.2, 0.25) is 15.9 Å². The van der Waals surface area contributed by atoms with E-state index >= 15 is 0 Å². The zero-order valence-corrected chi connectivity index (χ0v) is 23.3. The Balaban J connectivity index is 1.80. The highest BCUT2D eigenvalue weighted by molar-refractivity contribution is 7.91. The molecule has 9 nitrogen and oxygen atoms in total. The van der Waals surface area contributed by atoms with Crippen molar-refractivity contribution in [3.8, 4) is 0 Å². The Kier molecular flexibility index (Phi) is 10.1. The average Bonchev–Trinajstić information content (AvgIpc) is 3.39. The molecule has 1 aliphatic carbocycles. The van der Waals surface area contributed by atoms with Crippen LogP contribution in [0.2, 0.25) is 0 Å². The molecule has 1 aromatic rings. The molecule has 2 N–H and O–H groups in total. The number of aliphatic hydroxyl groups is 1. The molecule has 1 aromatic heterocycles. The quantitative estimate of drug-likeness (QED) is 0.440. The molecule has 0 aromatic carbocycles. The lowest BCUT2D eigenvalue weighted by atomic mass is 9.81. The molecule has 4 atom stereocenters. The summed E-state index contributed by atoms with van der Waals surface area (Å²) in [7, 11) is -0.423. The fourth-order valence-corrected chi connectivity index (χ4v) is 6.46. The zero-order chi connectivity index (χ0) is 28.1. The third kappa shape index (κ3) is 7.85. The number of nitrogens with one attached hydrogen (secondary N) is 1. The van der Waals surface area contributed by atoms with Gasteiger partial charge in [-0.3, -0.25) is 14.7 Å². The average molecular weight is 581 g/mol. The van der Waals surface area contributed by atoms with Gasteiger partial charge in [0, 0.05) is 57.8 Å². The predicted octanol–water partition coefficient (Wildman–Crippen LogP) is 2.29. The van der Waals surface area contributed by atoms with Gasteiger partial charge in [-0.1, -0.05) is 12.1 Å². The zero-order valence-electron chi connectivity index (χ0n) is 21.6. The van der Waals surface area contributed by atoms with Crippen molar-refractivity contribution in [1.82, 2.24) is 14.5 Å². The Morgan fingerprint density at radius 3 is 2.71 bits per heavy atom. The molecule has 1 aliphatic heterocycles. The Hall–Kier alpha value is -1.84. The topological polar surface area (TPSA) is 112 Å². The summed E-state index contributed by atoms with van der Waals surface area (Å²) in [6.45, 7) is 2.37. The Morgan fingerprint density at radius 1 is 1.39 bits per heavy atom. The van der Waals surface area contributed by atoms with E-state index in [2.05, 4.69) is 4.72 Å². The highest BCUT2D eigenvalue weighted by Crippen LogP contribution is 2.40. The van der Waals surface area contributed by atoms with Gasteiger partial charge in [0.25, 0.3) is 0 Å². The minimum Gasteiger partial charge on any atom is -0.380 e. The monoisotopic (exact) mass is 580 g/mol. The molecule has 1 amide bonds. The van der Waals surface area contributed by atoms with Crippen molar-refractivity contribution in [2.75, 3.05) is 46.9 Å². The lowest BCUT2D eigenvalue weighted by Gasteiger charge is -2.37. The second-order valence-electron chi connectivity index (χ2n) is 9.92. The van der Waals surface area contributed by atoms with Crippen molar-refractivity contribution in [3.63, 3.8) is 0 Å². The first-order chi connectivity index (χ1) is 17.7. The van der Waals surface area contributed by atoms with Crippen LogP contribution in [0.4, 0.5) is 13.2 Å². The van der Waals surface area contributed by atoms with Gasteiger partial charge in [0.1, 0.15) is 4.21 Å². The number of sulfonamides is 1. The molecule has 0 spiro atoms. The minimum atomic E-state index is -4.77. The lowest BCUT2D eigenvalue weighted by Crippen LogP contribution is -2.51. The van der Waals surface area contributed by atoms with Crippen molar-refractivity contribution >= 4 is 33.0 Å². The highest BCUT2D eigenvalue weighted by atomic mass is 32.2. The maximum absolute atomic E-state index is 13.3. The maximum Gasteiger partial charge on any atom is 0.417 e. The number of hydrogen-bond acceptors (Lipinski definition) is 8. The first-order valence-corrected chi connectivity index (χ1v) is 14.7. The van der Waals surface area contributed by atoms with Crippen LogP contribution < -0.4 is 4.72 Å². The molecule has 1 saturated heterocycles. The summed E-state index contributed by atoms with van der Waals surface area (Å²) in [5.41, 5.74) is -2.33. The number of halogens is 3. The van der Waals surface area contributed by atoms with Gasteiger partial charge in [0.15, 0.2) is 5.60 Å². The molecule has 0 bridgehead atoms. The van der Waals surface area contributed by atoms with E-state index in [0.717, 1.165) is 18.3 Å². The largest absolute Gasteiger partial charge is 0.417 e. The molecule has 38 heavy (non-hydrogen) atoms. The molecule has 0 radical (unpaired) electrons. The van der Waals surface area contributed by atoms with Gasteiger partial charge < -0.3 is 14.7 Å². The van der Waals surface area contributed by atoms with E-state index in [9.17, 15) is 31.5 Å². The molecule has 2 heterocycles. The Bertz CT molecular complexity index is 1100. The first kappa shape index (κ1) is 30.7. The minimum absolute atomic E-state index is 0.0347. The van der Waals surface area contributed by atoms with Crippen LogP contribution in [0.1, 0.15) is 26.2 Å². The van der Waals surface area contributed by atoms with Crippen LogP contribution in [0.25, 0.3) is 0 Å². The summed E-state index contributed by atoms with van der Waals surface area (Å²) < 4.78 is 73.6. The van der Waals surface area contributed by atoms with Crippen LogP contribution >= 0.6 is 11.3 Å². The van der Waals surface area contributed by atoms with Crippen molar-refractivity contribution in [2.45, 2.75) is 54.3 Å². The molecule has 3 rings (SSSR count). The summed E-state index contributed by atoms with van der Waals surface area (Å²) in [6.07, 6.45) is -1.50. The van der Waals surface area contributed by atoms with E-state index < -0.39 is 33.8 Å². The van der Waals surface area contributed by atoms with Crippen LogP contribution in [0.5, 0.6) is 0 Å². The number of morpholine rings is 1. The van der Waals surface area contributed by atoms with Crippen LogP contribution in [0.15, 0.2) is 38.9 Å². The summed E-state index contributed by atoms with van der Waals surface area (Å²) in [5, 5.41) is 11.7. The van der Waals surface area contributed by atoms with E-state index in [0.29, 0.717) is 32.0 Å². The standard InChI is InChI=1S/C24H35F3N4O5S2/c1-23(33,24(25,26)27)17-6-8-18(9-7-17)29-19(14-28-38(34,35)22-5-4-12-37-22)15-31-10-11-36-16-20(31)13-21(32)30(2)3/h4-6,8,12,17,19-20,28,33H,7,9-11,13-16H2,1-3H3. The number of thiophene rings is 1. The van der Waals surface area contributed by atoms with Crippen molar-refractivity contribution in [1.29, 1.82) is 0 Å². The normalized spacial score (nSPS) is 24.8. The van der Waals surface area contributed by atoms with Crippen LogP contribution in [-0.4, -0.2) is 106 Å². The van der Waals surface area contributed by atoms with E-state index in [1.807, 2.05) is 4.90 Å². The number of rotatable bonds is 10. The lowest BCUT2D eigenvalue weighted by molar-refractivity contribution is -0.267. The number of carbonyl (C=O) groups is 1. The maximum atomic E-state index is 13.3. The summed E-state index contributed by atoms with van der Waals surface area (Å²) in [5.74, 6) is -1.18. The second kappa shape index (κ2) is 12.6. The van der Waals surface area contributed by atoms with E-state index in [1.165, 1.54) is 23.1 Å². The number of carbonyl (C=O) groups excluding carboxylic acids is 1. The predicted molar refractivity (Wildman–Crippen MR) is 139 cm³/mol. The molecule has 4 unspecified atom stereocenters. The molecule has 214 valence electrons. The molecular formula is C24H35F3N4O5S2. The number of hydrogen-bond donors (Lipinski definition) is 2. The Labute approximate surface area is 225 Å². The number of amides is 1. The van der Waals surface area contributed by atoms with Gasteiger partial charge in [-0.05, 0) is 37.3 Å². The molecule has 1 fully saturated rings. The van der Waals surface area contributed by atoms with Gasteiger partial charge >= 0.3 is 6.18 Å². The number of allylic oxidation sites excluding steroid dienone is 1. The summed E-state index contributed by atoms with van der Waals surface area (Å²) >= 11 is 1.09. The Morgan fingerprint density at radius 2 is 2.13 bits per heavy atom. The van der Waals surface area contributed by atoms with Crippen molar-refractivity contribution in [2.24, 2.45) is 10.9 Å².